The molecule has 1 fully saturated rings. The smallest absolute Gasteiger partial charge is 0.149 e. The van der Waals surface area contributed by atoms with Gasteiger partial charge in [-0.3, -0.25) is 4.68 Å². The van der Waals surface area contributed by atoms with Crippen molar-refractivity contribution in [2.45, 2.75) is 45.4 Å². The summed E-state index contributed by atoms with van der Waals surface area (Å²) in [6, 6.07) is 7.51. The van der Waals surface area contributed by atoms with Gasteiger partial charge in [-0.25, -0.2) is 0 Å². The van der Waals surface area contributed by atoms with Crippen molar-refractivity contribution >= 4 is 5.57 Å². The normalized spacial score (nSPS) is 20.8. The predicted molar refractivity (Wildman–Crippen MR) is 125 cm³/mol. The summed E-state index contributed by atoms with van der Waals surface area (Å²) < 4.78 is 7.70. The number of rotatable bonds is 4. The first-order valence-corrected chi connectivity index (χ1v) is 11.7. The fraction of sp³-hybridized carbons (Fsp3) is 0.423. The summed E-state index contributed by atoms with van der Waals surface area (Å²) in [5, 5.41) is 24.0. The highest BCUT2D eigenvalue weighted by molar-refractivity contribution is 5.77. The number of phenols is 1. The molecule has 3 heterocycles. The maximum absolute atomic E-state index is 10.7. The van der Waals surface area contributed by atoms with Crippen molar-refractivity contribution in [3.05, 3.63) is 48.4 Å². The molecule has 1 aromatic carbocycles. The van der Waals surface area contributed by atoms with Crippen LogP contribution >= 0.6 is 0 Å². The molecule has 5 rings (SSSR count). The Bertz CT molecular complexity index is 1150. The lowest BCUT2D eigenvalue weighted by Gasteiger charge is -2.25. The standard InChI is InChI=1S/C26H30N4O2/c1-3-17-6-4-5-7-19(12-17)21-10-11-32-25-14-23(28-29-26(21)25)22-9-8-18(13-24(22)31)20-15-27-30(2)16-20/h8-10,13-17,19,31H,3-7,11-12H2,1-2H3/t17-,19+/m0/s1. The fourth-order valence-electron chi connectivity index (χ4n) is 5.11. The summed E-state index contributed by atoms with van der Waals surface area (Å²) in [6.45, 7) is 2.87. The van der Waals surface area contributed by atoms with Crippen molar-refractivity contribution in [1.29, 1.82) is 0 Å². The molecule has 1 saturated carbocycles. The van der Waals surface area contributed by atoms with Crippen LogP contribution in [-0.2, 0) is 7.05 Å². The van der Waals surface area contributed by atoms with Gasteiger partial charge in [0.05, 0.1) is 6.20 Å². The van der Waals surface area contributed by atoms with Gasteiger partial charge in [-0.2, -0.15) is 5.10 Å². The lowest BCUT2D eigenvalue weighted by molar-refractivity contribution is 0.347. The van der Waals surface area contributed by atoms with Gasteiger partial charge in [0.2, 0.25) is 0 Å². The number of nitrogens with zero attached hydrogens (tertiary/aromatic N) is 4. The van der Waals surface area contributed by atoms with E-state index in [0.717, 1.165) is 28.5 Å². The van der Waals surface area contributed by atoms with E-state index in [2.05, 4.69) is 28.3 Å². The largest absolute Gasteiger partial charge is 0.507 e. The van der Waals surface area contributed by atoms with Crippen LogP contribution < -0.4 is 4.74 Å². The number of hydrogen-bond donors (Lipinski definition) is 1. The third-order valence-corrected chi connectivity index (χ3v) is 6.94. The number of benzene rings is 1. The highest BCUT2D eigenvalue weighted by Gasteiger charge is 2.28. The molecule has 32 heavy (non-hydrogen) atoms. The van der Waals surface area contributed by atoms with E-state index < -0.39 is 0 Å². The van der Waals surface area contributed by atoms with E-state index in [4.69, 9.17) is 4.74 Å². The monoisotopic (exact) mass is 430 g/mol. The molecule has 0 bridgehead atoms. The Balaban J connectivity index is 1.43. The van der Waals surface area contributed by atoms with Gasteiger partial charge in [0, 0.05) is 30.4 Å². The zero-order valence-electron chi connectivity index (χ0n) is 18.8. The van der Waals surface area contributed by atoms with Gasteiger partial charge in [0.1, 0.15) is 29.5 Å². The summed E-state index contributed by atoms with van der Waals surface area (Å²) in [6.07, 6.45) is 13.5. The molecule has 2 atom stereocenters. The van der Waals surface area contributed by atoms with Crippen molar-refractivity contribution in [2.24, 2.45) is 18.9 Å². The minimum atomic E-state index is 0.168. The lowest BCUT2D eigenvalue weighted by Crippen LogP contribution is -2.15. The summed E-state index contributed by atoms with van der Waals surface area (Å²) in [4.78, 5) is 0. The molecule has 0 radical (unpaired) electrons. The van der Waals surface area contributed by atoms with E-state index in [1.807, 2.05) is 31.4 Å². The summed E-state index contributed by atoms with van der Waals surface area (Å²) in [5.74, 6) is 2.25. The maximum atomic E-state index is 10.7. The zero-order chi connectivity index (χ0) is 22.1. The van der Waals surface area contributed by atoms with E-state index in [-0.39, 0.29) is 5.75 Å². The van der Waals surface area contributed by atoms with Crippen LogP contribution in [0.1, 0.15) is 51.1 Å². The molecule has 6 nitrogen and oxygen atoms in total. The van der Waals surface area contributed by atoms with Gasteiger partial charge in [-0.05, 0) is 54.0 Å². The van der Waals surface area contributed by atoms with Crippen LogP contribution in [0.4, 0.5) is 0 Å². The van der Waals surface area contributed by atoms with Gasteiger partial charge < -0.3 is 9.84 Å². The van der Waals surface area contributed by atoms with E-state index in [0.29, 0.717) is 23.8 Å². The van der Waals surface area contributed by atoms with Gasteiger partial charge in [0.25, 0.3) is 0 Å². The maximum Gasteiger partial charge on any atom is 0.149 e. The number of aryl methyl sites for hydroxylation is 1. The fourth-order valence-corrected chi connectivity index (χ4v) is 5.11. The number of aromatic nitrogens is 4. The molecule has 1 N–H and O–H groups in total. The topological polar surface area (TPSA) is 73.1 Å². The van der Waals surface area contributed by atoms with Crippen LogP contribution in [0.25, 0.3) is 28.0 Å². The third kappa shape index (κ3) is 4.01. The van der Waals surface area contributed by atoms with Crippen molar-refractivity contribution < 1.29 is 9.84 Å². The van der Waals surface area contributed by atoms with Crippen LogP contribution in [0.15, 0.2) is 42.7 Å². The average Bonchev–Trinajstić information content (AvgIpc) is 3.10. The summed E-state index contributed by atoms with van der Waals surface area (Å²) in [7, 11) is 1.88. The number of allylic oxidation sites excluding steroid dienone is 1. The Hall–Kier alpha value is -3.15. The number of aromatic hydroxyl groups is 1. The molecular weight excluding hydrogens is 400 g/mol. The Morgan fingerprint density at radius 2 is 2.00 bits per heavy atom. The first-order valence-electron chi connectivity index (χ1n) is 11.7. The molecule has 2 aliphatic rings. The first-order chi connectivity index (χ1) is 15.6. The van der Waals surface area contributed by atoms with Crippen LogP contribution in [0.3, 0.4) is 0 Å². The Morgan fingerprint density at radius 3 is 2.78 bits per heavy atom. The molecule has 0 amide bonds. The molecule has 1 aliphatic carbocycles. The van der Waals surface area contributed by atoms with E-state index in [1.54, 1.807) is 16.9 Å². The van der Waals surface area contributed by atoms with Crippen molar-refractivity contribution in [3.63, 3.8) is 0 Å². The second-order valence-corrected chi connectivity index (χ2v) is 9.04. The average molecular weight is 431 g/mol. The van der Waals surface area contributed by atoms with Gasteiger partial charge >= 0.3 is 0 Å². The highest BCUT2D eigenvalue weighted by Crippen LogP contribution is 2.42. The van der Waals surface area contributed by atoms with Crippen molar-refractivity contribution in [3.8, 4) is 33.9 Å². The zero-order valence-corrected chi connectivity index (χ0v) is 18.8. The second kappa shape index (κ2) is 8.77. The second-order valence-electron chi connectivity index (χ2n) is 9.04. The Kier molecular flexibility index (Phi) is 5.68. The molecule has 2 aromatic heterocycles. The quantitative estimate of drug-likeness (QED) is 0.543. The Labute approximate surface area is 189 Å². The molecular formula is C26H30N4O2. The molecule has 166 valence electrons. The SMILES string of the molecule is CC[C@H]1CCCC[C@@H](C2=CCOc3cc(-c4ccc(-c5cnn(C)c5)cc4O)nnc32)C1. The van der Waals surface area contributed by atoms with E-state index >= 15 is 0 Å². The number of hydrogen-bond acceptors (Lipinski definition) is 5. The van der Waals surface area contributed by atoms with Crippen molar-refractivity contribution in [2.75, 3.05) is 6.61 Å². The van der Waals surface area contributed by atoms with Gasteiger partial charge in [0.15, 0.2) is 0 Å². The highest BCUT2D eigenvalue weighted by atomic mass is 16.5. The molecule has 1 aliphatic heterocycles. The number of ether oxygens (including phenoxy) is 1. The van der Waals surface area contributed by atoms with E-state index in [1.165, 1.54) is 44.1 Å². The lowest BCUT2D eigenvalue weighted by atomic mass is 9.84. The molecule has 0 saturated heterocycles. The van der Waals surface area contributed by atoms with Crippen molar-refractivity contribution in [1.82, 2.24) is 20.0 Å². The van der Waals surface area contributed by atoms with Gasteiger partial charge in [-0.15, -0.1) is 10.2 Å². The molecule has 3 aromatic rings. The van der Waals surface area contributed by atoms with Crippen LogP contribution in [-0.4, -0.2) is 31.7 Å². The molecule has 0 unspecified atom stereocenters. The van der Waals surface area contributed by atoms with Crippen LogP contribution in [0.5, 0.6) is 11.5 Å². The minimum Gasteiger partial charge on any atom is -0.507 e. The third-order valence-electron chi connectivity index (χ3n) is 6.94. The van der Waals surface area contributed by atoms with Crippen LogP contribution in [0, 0.1) is 11.8 Å². The first kappa shape index (κ1) is 20.7. The number of fused-ring (bicyclic) bond motifs is 1. The predicted octanol–water partition coefficient (Wildman–Crippen LogP) is 5.63. The summed E-state index contributed by atoms with van der Waals surface area (Å²) in [5.41, 5.74) is 5.29. The Morgan fingerprint density at radius 1 is 1.12 bits per heavy atom. The van der Waals surface area contributed by atoms with E-state index in [9.17, 15) is 5.11 Å². The molecule has 6 heteroatoms. The number of phenolic OH excluding ortho intramolecular Hbond substituents is 1. The summed E-state index contributed by atoms with van der Waals surface area (Å²) >= 11 is 0. The van der Waals surface area contributed by atoms with Crippen LogP contribution in [0.2, 0.25) is 0 Å². The van der Waals surface area contributed by atoms with Gasteiger partial charge in [-0.1, -0.05) is 38.7 Å². The minimum absolute atomic E-state index is 0.168. The molecule has 0 spiro atoms.